The lowest BCUT2D eigenvalue weighted by Crippen LogP contribution is -2.15. The molecule has 112 valence electrons. The second-order valence-corrected chi connectivity index (χ2v) is 6.30. The standard InChI is InChI=1S/C15H19N3O2S/c19-13(7-6-11-4-2-1-3-5-11)16-15-18-17-14(20-15)12-8-9-21-10-12/h8-11H,1-7H2,(H,16,18,19). The molecule has 1 fully saturated rings. The Morgan fingerprint density at radius 2 is 2.19 bits per heavy atom. The Labute approximate surface area is 127 Å². The number of hydrogen-bond donors (Lipinski definition) is 1. The van der Waals surface area contributed by atoms with Crippen LogP contribution >= 0.6 is 11.3 Å². The topological polar surface area (TPSA) is 68.0 Å². The van der Waals surface area contributed by atoms with Gasteiger partial charge in [-0.1, -0.05) is 37.2 Å². The molecule has 1 aliphatic rings. The first-order valence-electron chi connectivity index (χ1n) is 7.47. The number of thiophene rings is 1. The van der Waals surface area contributed by atoms with Crippen molar-refractivity contribution in [2.45, 2.75) is 44.9 Å². The molecule has 0 unspecified atom stereocenters. The number of rotatable bonds is 5. The minimum atomic E-state index is -0.0407. The minimum Gasteiger partial charge on any atom is -0.403 e. The van der Waals surface area contributed by atoms with Gasteiger partial charge in [-0.3, -0.25) is 10.1 Å². The lowest BCUT2D eigenvalue weighted by Gasteiger charge is -2.20. The molecule has 0 aromatic carbocycles. The van der Waals surface area contributed by atoms with Crippen LogP contribution in [0.5, 0.6) is 0 Å². The van der Waals surface area contributed by atoms with Gasteiger partial charge < -0.3 is 4.42 Å². The van der Waals surface area contributed by atoms with Crippen molar-refractivity contribution in [3.8, 4) is 11.5 Å². The molecule has 2 aromatic heterocycles. The number of nitrogens with one attached hydrogen (secondary N) is 1. The molecule has 0 spiro atoms. The van der Waals surface area contributed by atoms with Crippen molar-refractivity contribution in [2.75, 3.05) is 5.32 Å². The van der Waals surface area contributed by atoms with Crippen LogP contribution < -0.4 is 5.32 Å². The molecular weight excluding hydrogens is 286 g/mol. The fraction of sp³-hybridized carbons (Fsp3) is 0.533. The van der Waals surface area contributed by atoms with Crippen molar-refractivity contribution >= 4 is 23.3 Å². The van der Waals surface area contributed by atoms with Crippen LogP contribution in [0.3, 0.4) is 0 Å². The SMILES string of the molecule is O=C(CCC1CCCCC1)Nc1nnc(-c2ccsc2)o1. The van der Waals surface area contributed by atoms with Gasteiger partial charge in [0, 0.05) is 17.4 Å². The van der Waals surface area contributed by atoms with Gasteiger partial charge in [0.2, 0.25) is 5.91 Å². The predicted octanol–water partition coefficient (Wildman–Crippen LogP) is 4.10. The first kappa shape index (κ1) is 14.3. The predicted molar refractivity (Wildman–Crippen MR) is 82.0 cm³/mol. The maximum Gasteiger partial charge on any atom is 0.322 e. The second-order valence-electron chi connectivity index (χ2n) is 5.52. The smallest absolute Gasteiger partial charge is 0.322 e. The van der Waals surface area contributed by atoms with Crippen LogP contribution in [-0.4, -0.2) is 16.1 Å². The molecule has 0 aliphatic heterocycles. The van der Waals surface area contributed by atoms with Gasteiger partial charge in [-0.2, -0.15) is 11.3 Å². The molecule has 6 heteroatoms. The van der Waals surface area contributed by atoms with E-state index in [4.69, 9.17) is 4.42 Å². The molecule has 1 amide bonds. The van der Waals surface area contributed by atoms with E-state index in [1.54, 1.807) is 11.3 Å². The number of anilines is 1. The van der Waals surface area contributed by atoms with Gasteiger partial charge in [-0.25, -0.2) is 0 Å². The van der Waals surface area contributed by atoms with Gasteiger partial charge in [-0.15, -0.1) is 5.10 Å². The van der Waals surface area contributed by atoms with E-state index in [1.165, 1.54) is 32.1 Å². The lowest BCUT2D eigenvalue weighted by molar-refractivity contribution is -0.116. The number of carbonyl (C=O) groups excluding carboxylic acids is 1. The van der Waals surface area contributed by atoms with Crippen molar-refractivity contribution < 1.29 is 9.21 Å². The van der Waals surface area contributed by atoms with E-state index in [1.807, 2.05) is 16.8 Å². The molecular formula is C15H19N3O2S. The van der Waals surface area contributed by atoms with Gasteiger partial charge in [0.25, 0.3) is 5.89 Å². The van der Waals surface area contributed by atoms with Gasteiger partial charge in [0.05, 0.1) is 0 Å². The highest BCUT2D eigenvalue weighted by Crippen LogP contribution is 2.27. The van der Waals surface area contributed by atoms with E-state index >= 15 is 0 Å². The van der Waals surface area contributed by atoms with E-state index in [0.29, 0.717) is 18.2 Å². The Kier molecular flexibility index (Phi) is 4.65. The van der Waals surface area contributed by atoms with Crippen molar-refractivity contribution in [1.29, 1.82) is 0 Å². The summed E-state index contributed by atoms with van der Waals surface area (Å²) in [4.78, 5) is 11.9. The summed E-state index contributed by atoms with van der Waals surface area (Å²) in [6.07, 6.45) is 7.96. The fourth-order valence-corrected chi connectivity index (χ4v) is 3.40. The van der Waals surface area contributed by atoms with Gasteiger partial charge in [0.15, 0.2) is 0 Å². The Morgan fingerprint density at radius 3 is 2.95 bits per heavy atom. The fourth-order valence-electron chi connectivity index (χ4n) is 2.77. The van der Waals surface area contributed by atoms with E-state index in [2.05, 4.69) is 15.5 Å². The molecule has 0 atom stereocenters. The lowest BCUT2D eigenvalue weighted by atomic mass is 9.86. The Balaban J connectivity index is 1.48. The molecule has 21 heavy (non-hydrogen) atoms. The van der Waals surface area contributed by atoms with Crippen molar-refractivity contribution in [3.63, 3.8) is 0 Å². The first-order chi connectivity index (χ1) is 10.3. The summed E-state index contributed by atoms with van der Waals surface area (Å²) < 4.78 is 5.44. The third-order valence-corrected chi connectivity index (χ3v) is 4.63. The number of aromatic nitrogens is 2. The highest BCUT2D eigenvalue weighted by atomic mass is 32.1. The summed E-state index contributed by atoms with van der Waals surface area (Å²) in [7, 11) is 0. The van der Waals surface area contributed by atoms with Crippen LogP contribution in [0.15, 0.2) is 21.2 Å². The quantitative estimate of drug-likeness (QED) is 0.903. The van der Waals surface area contributed by atoms with Crippen LogP contribution in [0.2, 0.25) is 0 Å². The average molecular weight is 305 g/mol. The normalized spacial score (nSPS) is 16.0. The maximum absolute atomic E-state index is 11.9. The summed E-state index contributed by atoms with van der Waals surface area (Å²) >= 11 is 1.57. The number of amides is 1. The van der Waals surface area contributed by atoms with Crippen molar-refractivity contribution in [3.05, 3.63) is 16.8 Å². The molecule has 1 saturated carbocycles. The van der Waals surface area contributed by atoms with E-state index in [0.717, 1.165) is 12.0 Å². The molecule has 2 heterocycles. The Morgan fingerprint density at radius 1 is 1.33 bits per heavy atom. The zero-order chi connectivity index (χ0) is 14.5. The van der Waals surface area contributed by atoms with Crippen LogP contribution in [0.25, 0.3) is 11.5 Å². The van der Waals surface area contributed by atoms with E-state index in [-0.39, 0.29) is 11.9 Å². The van der Waals surface area contributed by atoms with E-state index < -0.39 is 0 Å². The molecule has 0 bridgehead atoms. The van der Waals surface area contributed by atoms with Crippen molar-refractivity contribution in [1.82, 2.24) is 10.2 Å². The van der Waals surface area contributed by atoms with Crippen LogP contribution in [0, 0.1) is 5.92 Å². The van der Waals surface area contributed by atoms with Crippen LogP contribution in [-0.2, 0) is 4.79 Å². The molecule has 2 aromatic rings. The molecule has 0 radical (unpaired) electrons. The average Bonchev–Trinajstić information content (AvgIpc) is 3.17. The minimum absolute atomic E-state index is 0.0407. The van der Waals surface area contributed by atoms with Gasteiger partial charge >= 0.3 is 6.01 Å². The zero-order valence-electron chi connectivity index (χ0n) is 11.9. The summed E-state index contributed by atoms with van der Waals surface area (Å²) in [5.74, 6) is 1.11. The Hall–Kier alpha value is -1.69. The largest absolute Gasteiger partial charge is 0.403 e. The van der Waals surface area contributed by atoms with Crippen molar-refractivity contribution in [2.24, 2.45) is 5.92 Å². The monoisotopic (exact) mass is 305 g/mol. The number of nitrogens with zero attached hydrogens (tertiary/aromatic N) is 2. The zero-order valence-corrected chi connectivity index (χ0v) is 12.7. The maximum atomic E-state index is 11.9. The third-order valence-electron chi connectivity index (χ3n) is 3.94. The van der Waals surface area contributed by atoms with Gasteiger partial charge in [-0.05, 0) is 23.8 Å². The summed E-state index contributed by atoms with van der Waals surface area (Å²) in [5, 5.41) is 14.4. The molecule has 1 N–H and O–H groups in total. The van der Waals surface area contributed by atoms with E-state index in [9.17, 15) is 4.79 Å². The number of carbonyl (C=O) groups is 1. The molecule has 1 aliphatic carbocycles. The number of hydrogen-bond acceptors (Lipinski definition) is 5. The molecule has 3 rings (SSSR count). The summed E-state index contributed by atoms with van der Waals surface area (Å²) in [5.41, 5.74) is 0.884. The Bertz CT molecular complexity index is 574. The molecule has 5 nitrogen and oxygen atoms in total. The summed E-state index contributed by atoms with van der Waals surface area (Å²) in [6, 6.07) is 2.09. The molecule has 0 saturated heterocycles. The van der Waals surface area contributed by atoms with Crippen LogP contribution in [0.1, 0.15) is 44.9 Å². The van der Waals surface area contributed by atoms with Gasteiger partial charge in [0.1, 0.15) is 0 Å². The second kappa shape index (κ2) is 6.85. The first-order valence-corrected chi connectivity index (χ1v) is 8.41. The van der Waals surface area contributed by atoms with Crippen LogP contribution in [0.4, 0.5) is 6.01 Å². The highest BCUT2D eigenvalue weighted by molar-refractivity contribution is 7.08. The summed E-state index contributed by atoms with van der Waals surface area (Å²) in [6.45, 7) is 0. The highest BCUT2D eigenvalue weighted by Gasteiger charge is 2.16. The third kappa shape index (κ3) is 3.91.